The monoisotopic (exact) mass is 315 g/mol. The molecule has 22 heavy (non-hydrogen) atoms. The van der Waals surface area contributed by atoms with Crippen LogP contribution < -0.4 is 10.1 Å². The number of thioether (sulfide) groups is 1. The fourth-order valence-electron chi connectivity index (χ4n) is 2.16. The van der Waals surface area contributed by atoms with Crippen molar-refractivity contribution in [1.29, 1.82) is 0 Å². The number of para-hydroxylation sites is 1. The molecule has 0 heterocycles. The first-order valence-corrected chi connectivity index (χ1v) is 8.40. The van der Waals surface area contributed by atoms with Gasteiger partial charge in [-0.1, -0.05) is 42.0 Å². The first kappa shape index (κ1) is 16.4. The maximum atomic E-state index is 12.1. The molecular formula is C18H21NO2S. The largest absolute Gasteiger partial charge is 0.496 e. The van der Waals surface area contributed by atoms with E-state index in [4.69, 9.17) is 4.74 Å². The highest BCUT2D eigenvalue weighted by Crippen LogP contribution is 2.17. The Balaban J connectivity index is 1.73. The van der Waals surface area contributed by atoms with Gasteiger partial charge in [0.1, 0.15) is 5.75 Å². The molecule has 116 valence electrons. The molecule has 2 aromatic rings. The van der Waals surface area contributed by atoms with Crippen LogP contribution in [0.1, 0.15) is 21.5 Å². The minimum Gasteiger partial charge on any atom is -0.496 e. The van der Waals surface area contributed by atoms with E-state index in [1.165, 1.54) is 11.1 Å². The van der Waals surface area contributed by atoms with Gasteiger partial charge >= 0.3 is 0 Å². The van der Waals surface area contributed by atoms with Crippen molar-refractivity contribution in [3.8, 4) is 5.75 Å². The molecule has 0 aliphatic carbocycles. The summed E-state index contributed by atoms with van der Waals surface area (Å²) in [6, 6.07) is 15.8. The molecule has 0 saturated heterocycles. The number of aryl methyl sites for hydroxylation is 1. The molecule has 1 N–H and O–H groups in total. The number of nitrogens with one attached hydrogen (secondary N) is 1. The standard InChI is InChI=1S/C18H21NO2S/c1-14-6-5-7-15(12-14)13-22-11-10-19-18(20)16-8-3-4-9-17(16)21-2/h3-9,12H,10-11,13H2,1-2H3,(H,19,20). The molecule has 0 saturated carbocycles. The number of rotatable bonds is 7. The normalized spacial score (nSPS) is 10.3. The number of ether oxygens (including phenoxy) is 1. The molecule has 0 bridgehead atoms. The smallest absolute Gasteiger partial charge is 0.255 e. The van der Waals surface area contributed by atoms with E-state index in [1.54, 1.807) is 19.2 Å². The quantitative estimate of drug-likeness (QED) is 0.792. The number of hydrogen-bond acceptors (Lipinski definition) is 3. The maximum absolute atomic E-state index is 12.1. The molecule has 0 aliphatic rings. The molecule has 1 amide bonds. The molecule has 0 atom stereocenters. The first-order chi connectivity index (χ1) is 10.7. The third-order valence-corrected chi connectivity index (χ3v) is 4.27. The van der Waals surface area contributed by atoms with Crippen LogP contribution in [0.3, 0.4) is 0 Å². The fourth-order valence-corrected chi connectivity index (χ4v) is 2.96. The number of carbonyl (C=O) groups excluding carboxylic acids is 1. The summed E-state index contributed by atoms with van der Waals surface area (Å²) in [4.78, 5) is 12.1. The van der Waals surface area contributed by atoms with Crippen molar-refractivity contribution in [3.63, 3.8) is 0 Å². The number of hydrogen-bond donors (Lipinski definition) is 1. The molecule has 4 heteroatoms. The van der Waals surface area contributed by atoms with Gasteiger partial charge in [-0.05, 0) is 24.6 Å². The Morgan fingerprint density at radius 1 is 1.18 bits per heavy atom. The van der Waals surface area contributed by atoms with Crippen LogP contribution in [0.4, 0.5) is 0 Å². The lowest BCUT2D eigenvalue weighted by Gasteiger charge is -2.09. The minimum atomic E-state index is -0.0893. The van der Waals surface area contributed by atoms with E-state index in [2.05, 4.69) is 36.5 Å². The third kappa shape index (κ3) is 4.81. The highest BCUT2D eigenvalue weighted by molar-refractivity contribution is 7.98. The van der Waals surface area contributed by atoms with Crippen molar-refractivity contribution < 1.29 is 9.53 Å². The van der Waals surface area contributed by atoms with Gasteiger partial charge < -0.3 is 10.1 Å². The zero-order chi connectivity index (χ0) is 15.8. The summed E-state index contributed by atoms with van der Waals surface area (Å²) in [5.41, 5.74) is 3.18. The Hall–Kier alpha value is -1.94. The molecular weight excluding hydrogens is 294 g/mol. The predicted molar refractivity (Wildman–Crippen MR) is 92.7 cm³/mol. The van der Waals surface area contributed by atoms with E-state index in [9.17, 15) is 4.79 Å². The number of carbonyl (C=O) groups is 1. The second-order valence-corrected chi connectivity index (χ2v) is 6.10. The molecule has 0 aliphatic heterocycles. The average Bonchev–Trinajstić information content (AvgIpc) is 2.54. The van der Waals surface area contributed by atoms with Gasteiger partial charge in [0.25, 0.3) is 5.91 Å². The first-order valence-electron chi connectivity index (χ1n) is 7.25. The molecule has 0 radical (unpaired) electrons. The van der Waals surface area contributed by atoms with Gasteiger partial charge in [-0.3, -0.25) is 4.79 Å². The van der Waals surface area contributed by atoms with E-state index in [-0.39, 0.29) is 5.91 Å². The Kier molecular flexibility index (Phi) is 6.34. The second-order valence-electron chi connectivity index (χ2n) is 5.00. The highest BCUT2D eigenvalue weighted by atomic mass is 32.2. The summed E-state index contributed by atoms with van der Waals surface area (Å²) in [6.45, 7) is 2.75. The van der Waals surface area contributed by atoms with Gasteiger partial charge in [-0.25, -0.2) is 0 Å². The summed E-state index contributed by atoms with van der Waals surface area (Å²) in [7, 11) is 1.57. The van der Waals surface area contributed by atoms with Crippen LogP contribution in [0.25, 0.3) is 0 Å². The van der Waals surface area contributed by atoms with Crippen LogP contribution in [-0.4, -0.2) is 25.3 Å². The van der Waals surface area contributed by atoms with E-state index < -0.39 is 0 Å². The van der Waals surface area contributed by atoms with Gasteiger partial charge in [-0.2, -0.15) is 11.8 Å². The summed E-state index contributed by atoms with van der Waals surface area (Å²) in [6.07, 6.45) is 0. The lowest BCUT2D eigenvalue weighted by molar-refractivity contribution is 0.0953. The van der Waals surface area contributed by atoms with Gasteiger partial charge in [0.2, 0.25) is 0 Å². The van der Waals surface area contributed by atoms with Crippen LogP contribution in [0, 0.1) is 6.92 Å². The molecule has 3 nitrogen and oxygen atoms in total. The van der Waals surface area contributed by atoms with Crippen LogP contribution in [0.5, 0.6) is 5.75 Å². The maximum Gasteiger partial charge on any atom is 0.255 e. The van der Waals surface area contributed by atoms with E-state index in [1.807, 2.05) is 23.9 Å². The van der Waals surface area contributed by atoms with Gasteiger partial charge in [0, 0.05) is 18.1 Å². The number of benzene rings is 2. The van der Waals surface area contributed by atoms with Crippen molar-refractivity contribution >= 4 is 17.7 Å². The van der Waals surface area contributed by atoms with Crippen LogP contribution >= 0.6 is 11.8 Å². The molecule has 2 aromatic carbocycles. The lowest BCUT2D eigenvalue weighted by Crippen LogP contribution is -2.26. The molecule has 0 unspecified atom stereocenters. The SMILES string of the molecule is COc1ccccc1C(=O)NCCSCc1cccc(C)c1. The molecule has 0 fully saturated rings. The second kappa shape index (κ2) is 8.49. The zero-order valence-electron chi connectivity index (χ0n) is 13.0. The Bertz CT molecular complexity index is 628. The summed E-state index contributed by atoms with van der Waals surface area (Å²) < 4.78 is 5.20. The molecule has 0 spiro atoms. The Morgan fingerprint density at radius 2 is 2.00 bits per heavy atom. The Morgan fingerprint density at radius 3 is 2.77 bits per heavy atom. The summed E-state index contributed by atoms with van der Waals surface area (Å²) >= 11 is 1.82. The zero-order valence-corrected chi connectivity index (χ0v) is 13.8. The van der Waals surface area contributed by atoms with E-state index in [0.717, 1.165) is 11.5 Å². The van der Waals surface area contributed by atoms with Crippen molar-refractivity contribution in [2.75, 3.05) is 19.4 Å². The fraction of sp³-hybridized carbons (Fsp3) is 0.278. The van der Waals surface area contributed by atoms with E-state index >= 15 is 0 Å². The van der Waals surface area contributed by atoms with Crippen molar-refractivity contribution in [2.24, 2.45) is 0 Å². The number of methoxy groups -OCH3 is 1. The molecule has 0 aromatic heterocycles. The minimum absolute atomic E-state index is 0.0893. The Labute approximate surface area is 136 Å². The van der Waals surface area contributed by atoms with Crippen molar-refractivity contribution in [2.45, 2.75) is 12.7 Å². The van der Waals surface area contributed by atoms with Gasteiger partial charge in [0.05, 0.1) is 12.7 Å². The van der Waals surface area contributed by atoms with Gasteiger partial charge in [-0.15, -0.1) is 0 Å². The highest BCUT2D eigenvalue weighted by Gasteiger charge is 2.10. The topological polar surface area (TPSA) is 38.3 Å². The summed E-state index contributed by atoms with van der Waals surface area (Å²) in [5, 5.41) is 2.93. The lowest BCUT2D eigenvalue weighted by atomic mass is 10.2. The van der Waals surface area contributed by atoms with Gasteiger partial charge in [0.15, 0.2) is 0 Å². The third-order valence-electron chi connectivity index (χ3n) is 3.23. The molecule has 2 rings (SSSR count). The van der Waals surface area contributed by atoms with Crippen molar-refractivity contribution in [3.05, 3.63) is 65.2 Å². The van der Waals surface area contributed by atoms with E-state index in [0.29, 0.717) is 17.9 Å². The van der Waals surface area contributed by atoms with Crippen LogP contribution in [0.2, 0.25) is 0 Å². The predicted octanol–water partition coefficient (Wildman–Crippen LogP) is 3.67. The van der Waals surface area contributed by atoms with Crippen LogP contribution in [-0.2, 0) is 5.75 Å². The number of amides is 1. The van der Waals surface area contributed by atoms with Crippen molar-refractivity contribution in [1.82, 2.24) is 5.32 Å². The van der Waals surface area contributed by atoms with Crippen LogP contribution in [0.15, 0.2) is 48.5 Å². The summed E-state index contributed by atoms with van der Waals surface area (Å²) in [5.74, 6) is 2.36. The average molecular weight is 315 g/mol.